The van der Waals surface area contributed by atoms with E-state index in [0.717, 1.165) is 24.6 Å². The van der Waals surface area contributed by atoms with Gasteiger partial charge in [-0.05, 0) is 25.2 Å². The predicted octanol–water partition coefficient (Wildman–Crippen LogP) is 0.721. The van der Waals surface area contributed by atoms with E-state index < -0.39 is 0 Å². The highest BCUT2D eigenvalue weighted by Crippen LogP contribution is 2.28. The summed E-state index contributed by atoms with van der Waals surface area (Å²) in [5.74, 6) is 0.553. The van der Waals surface area contributed by atoms with Crippen LogP contribution in [0.5, 0.6) is 0 Å². The maximum absolute atomic E-state index is 12.0. The summed E-state index contributed by atoms with van der Waals surface area (Å²) in [7, 11) is 1.73. The largest absolute Gasteiger partial charge is 0.395 e. The Bertz CT molecular complexity index is 452. The third-order valence-corrected chi connectivity index (χ3v) is 3.29. The smallest absolute Gasteiger partial charge is 0.271 e. The van der Waals surface area contributed by atoms with Crippen molar-refractivity contribution >= 4 is 11.6 Å². The molecule has 19 heavy (non-hydrogen) atoms. The minimum atomic E-state index is -0.192. The predicted molar refractivity (Wildman–Crippen MR) is 72.9 cm³/mol. The van der Waals surface area contributed by atoms with Gasteiger partial charge >= 0.3 is 0 Å². The van der Waals surface area contributed by atoms with Gasteiger partial charge in [0.2, 0.25) is 0 Å². The zero-order valence-corrected chi connectivity index (χ0v) is 11.6. The second-order valence-corrected chi connectivity index (χ2v) is 4.96. The molecule has 6 nitrogen and oxygen atoms in total. The highest BCUT2D eigenvalue weighted by molar-refractivity contribution is 5.97. The molecule has 0 bridgehead atoms. The van der Waals surface area contributed by atoms with E-state index in [1.54, 1.807) is 7.05 Å². The molecular formula is C13H22N4O2. The number of anilines is 1. The lowest BCUT2D eigenvalue weighted by molar-refractivity contribution is 0.0898. The number of ether oxygens (including phenoxy) is 1. The molecule has 1 heterocycles. The van der Waals surface area contributed by atoms with E-state index in [1.165, 1.54) is 17.5 Å². The minimum Gasteiger partial charge on any atom is -0.395 e. The molecule has 1 aliphatic carbocycles. The Morgan fingerprint density at radius 1 is 1.58 bits per heavy atom. The molecule has 1 fully saturated rings. The number of nitrogen functional groups attached to an aromatic ring is 1. The summed E-state index contributed by atoms with van der Waals surface area (Å²) in [4.78, 5) is 12.0. The highest BCUT2D eigenvalue weighted by atomic mass is 16.5. The van der Waals surface area contributed by atoms with Crippen molar-refractivity contribution in [2.24, 2.45) is 13.0 Å². The van der Waals surface area contributed by atoms with Crippen LogP contribution in [0.15, 0.2) is 0 Å². The zero-order chi connectivity index (χ0) is 13.8. The number of hydrogen-bond donors (Lipinski definition) is 2. The Hall–Kier alpha value is -1.56. The monoisotopic (exact) mass is 266 g/mol. The lowest BCUT2D eigenvalue weighted by Gasteiger charge is -2.07. The Morgan fingerprint density at radius 2 is 2.32 bits per heavy atom. The highest BCUT2D eigenvalue weighted by Gasteiger charge is 2.21. The van der Waals surface area contributed by atoms with Crippen molar-refractivity contribution < 1.29 is 9.53 Å². The fraction of sp³-hybridized carbons (Fsp3) is 0.692. The topological polar surface area (TPSA) is 82.2 Å². The van der Waals surface area contributed by atoms with Crippen molar-refractivity contribution in [2.75, 3.05) is 25.5 Å². The Morgan fingerprint density at radius 3 is 2.89 bits per heavy atom. The van der Waals surface area contributed by atoms with Gasteiger partial charge in [0, 0.05) is 20.2 Å². The van der Waals surface area contributed by atoms with Gasteiger partial charge in [-0.15, -0.1) is 0 Å². The van der Waals surface area contributed by atoms with Crippen molar-refractivity contribution in [3.05, 3.63) is 11.4 Å². The first-order valence-electron chi connectivity index (χ1n) is 6.80. The van der Waals surface area contributed by atoms with Crippen LogP contribution >= 0.6 is 0 Å². The average Bonchev–Trinajstić information content (AvgIpc) is 3.14. The second kappa shape index (κ2) is 6.06. The normalized spacial score (nSPS) is 14.6. The van der Waals surface area contributed by atoms with Crippen LogP contribution in [0.1, 0.15) is 35.9 Å². The summed E-state index contributed by atoms with van der Waals surface area (Å²) >= 11 is 0. The first-order chi connectivity index (χ1) is 9.13. The number of carbonyl (C=O) groups is 1. The summed E-state index contributed by atoms with van der Waals surface area (Å²) in [5.41, 5.74) is 7.58. The van der Waals surface area contributed by atoms with Crippen LogP contribution in [0.4, 0.5) is 5.69 Å². The van der Waals surface area contributed by atoms with Crippen LogP contribution in [0.25, 0.3) is 0 Å². The maximum Gasteiger partial charge on any atom is 0.271 e. The summed E-state index contributed by atoms with van der Waals surface area (Å²) < 4.78 is 7.00. The van der Waals surface area contributed by atoms with Crippen LogP contribution in [0.3, 0.4) is 0 Å². The van der Waals surface area contributed by atoms with Crippen molar-refractivity contribution in [3.63, 3.8) is 0 Å². The molecule has 0 radical (unpaired) electrons. The number of nitrogens with two attached hydrogens (primary N) is 1. The van der Waals surface area contributed by atoms with Gasteiger partial charge in [-0.3, -0.25) is 9.48 Å². The molecular weight excluding hydrogens is 244 g/mol. The zero-order valence-electron chi connectivity index (χ0n) is 11.6. The van der Waals surface area contributed by atoms with Gasteiger partial charge < -0.3 is 15.8 Å². The number of aryl methyl sites for hydroxylation is 2. The lowest BCUT2D eigenvalue weighted by Crippen LogP contribution is -2.29. The van der Waals surface area contributed by atoms with Gasteiger partial charge in [0.1, 0.15) is 5.69 Å². The molecule has 0 unspecified atom stereocenters. The van der Waals surface area contributed by atoms with Crippen LogP contribution in [-0.4, -0.2) is 35.4 Å². The van der Waals surface area contributed by atoms with Crippen molar-refractivity contribution in [3.8, 4) is 0 Å². The molecule has 0 aliphatic heterocycles. The number of rotatable bonds is 7. The number of hydrogen-bond acceptors (Lipinski definition) is 4. The molecule has 1 amide bonds. The summed E-state index contributed by atoms with van der Waals surface area (Å²) in [6.07, 6.45) is 3.27. The number of nitrogens with zero attached hydrogens (tertiary/aromatic N) is 2. The molecule has 1 saturated carbocycles. The first-order valence-corrected chi connectivity index (χ1v) is 6.80. The molecule has 1 aromatic heterocycles. The molecule has 0 spiro atoms. The van der Waals surface area contributed by atoms with Crippen LogP contribution < -0.4 is 11.1 Å². The molecule has 6 heteroatoms. The lowest BCUT2D eigenvalue weighted by atomic mass is 10.2. The molecule has 0 aromatic carbocycles. The summed E-state index contributed by atoms with van der Waals surface area (Å²) in [6.45, 7) is 3.81. The number of carbonyl (C=O) groups excluding carboxylic acids is 1. The van der Waals surface area contributed by atoms with Crippen molar-refractivity contribution in [1.29, 1.82) is 0 Å². The number of aromatic nitrogens is 2. The van der Waals surface area contributed by atoms with Crippen LogP contribution in [-0.2, 0) is 18.2 Å². The number of nitrogens with one attached hydrogen (secondary N) is 1. The summed E-state index contributed by atoms with van der Waals surface area (Å²) in [5, 5.41) is 7.03. The van der Waals surface area contributed by atoms with Gasteiger partial charge in [-0.1, -0.05) is 6.92 Å². The number of amides is 1. The van der Waals surface area contributed by atoms with E-state index in [-0.39, 0.29) is 5.91 Å². The molecule has 1 aromatic rings. The van der Waals surface area contributed by atoms with E-state index >= 15 is 0 Å². The van der Waals surface area contributed by atoms with E-state index in [0.29, 0.717) is 24.5 Å². The van der Waals surface area contributed by atoms with Crippen molar-refractivity contribution in [1.82, 2.24) is 15.1 Å². The third kappa shape index (κ3) is 3.47. The van der Waals surface area contributed by atoms with Gasteiger partial charge in [-0.2, -0.15) is 5.10 Å². The Kier molecular flexibility index (Phi) is 4.42. The SMILES string of the molecule is CCc1nn(C)c(C(=O)NCCOCC2CC2)c1N. The standard InChI is InChI=1S/C13H22N4O2/c1-3-10-11(14)12(17(2)16-10)13(18)15-6-7-19-8-9-4-5-9/h9H,3-8,14H2,1-2H3,(H,15,18). The molecule has 106 valence electrons. The Balaban J connectivity index is 1.79. The summed E-state index contributed by atoms with van der Waals surface area (Å²) in [6, 6.07) is 0. The van der Waals surface area contributed by atoms with Gasteiger partial charge in [0.15, 0.2) is 0 Å². The molecule has 3 N–H and O–H groups in total. The van der Waals surface area contributed by atoms with Crippen LogP contribution in [0.2, 0.25) is 0 Å². The van der Waals surface area contributed by atoms with E-state index in [4.69, 9.17) is 10.5 Å². The quantitative estimate of drug-likeness (QED) is 0.712. The fourth-order valence-electron chi connectivity index (χ4n) is 1.98. The minimum absolute atomic E-state index is 0.192. The second-order valence-electron chi connectivity index (χ2n) is 4.96. The fourth-order valence-corrected chi connectivity index (χ4v) is 1.98. The van der Waals surface area contributed by atoms with Gasteiger partial charge in [-0.25, -0.2) is 0 Å². The average molecular weight is 266 g/mol. The molecule has 0 atom stereocenters. The molecule has 2 rings (SSSR count). The molecule has 0 saturated heterocycles. The maximum atomic E-state index is 12.0. The van der Waals surface area contributed by atoms with Crippen LogP contribution in [0, 0.1) is 5.92 Å². The van der Waals surface area contributed by atoms with Gasteiger partial charge in [0.25, 0.3) is 5.91 Å². The Labute approximate surface area is 113 Å². The van der Waals surface area contributed by atoms with E-state index in [9.17, 15) is 4.79 Å². The van der Waals surface area contributed by atoms with Crippen molar-refractivity contribution in [2.45, 2.75) is 26.2 Å². The van der Waals surface area contributed by atoms with E-state index in [2.05, 4.69) is 10.4 Å². The first kappa shape index (κ1) is 13.9. The van der Waals surface area contributed by atoms with Gasteiger partial charge in [0.05, 0.1) is 18.0 Å². The third-order valence-electron chi connectivity index (χ3n) is 3.29. The van der Waals surface area contributed by atoms with E-state index in [1.807, 2.05) is 6.92 Å². The molecule has 1 aliphatic rings.